The van der Waals surface area contributed by atoms with E-state index >= 15 is 0 Å². The Morgan fingerprint density at radius 3 is 2.77 bits per heavy atom. The summed E-state index contributed by atoms with van der Waals surface area (Å²) in [6.07, 6.45) is 4.89. The third-order valence-electron chi connectivity index (χ3n) is 3.71. The Hall–Kier alpha value is -2.25. The monoisotopic (exact) mass is 391 g/mol. The van der Waals surface area contributed by atoms with Gasteiger partial charge in [0.25, 0.3) is 0 Å². The van der Waals surface area contributed by atoms with E-state index in [1.165, 1.54) is 18.0 Å². The van der Waals surface area contributed by atoms with Crippen molar-refractivity contribution in [2.45, 2.75) is 25.1 Å². The number of benzene rings is 1. The number of hydrogen-bond donors (Lipinski definition) is 0. The van der Waals surface area contributed by atoms with Crippen LogP contribution in [0.1, 0.15) is 24.2 Å². The maximum absolute atomic E-state index is 12.6. The summed E-state index contributed by atoms with van der Waals surface area (Å²) in [6.45, 7) is 3.59. The second kappa shape index (κ2) is 7.55. The van der Waals surface area contributed by atoms with E-state index in [2.05, 4.69) is 9.97 Å². The minimum Gasteiger partial charge on any atom is -0.459 e. The first-order valence-corrected chi connectivity index (χ1v) is 9.53. The molecule has 3 aromatic rings. The van der Waals surface area contributed by atoms with E-state index in [4.69, 9.17) is 21.2 Å². The molecule has 0 aliphatic heterocycles. The highest BCUT2D eigenvalue weighted by atomic mass is 35.5. The quantitative estimate of drug-likeness (QED) is 0.370. The van der Waals surface area contributed by atoms with Gasteiger partial charge in [0, 0.05) is 17.1 Å². The van der Waals surface area contributed by atoms with Gasteiger partial charge in [0.2, 0.25) is 0 Å². The molecule has 0 radical (unpaired) electrons. The van der Waals surface area contributed by atoms with Gasteiger partial charge in [0.05, 0.1) is 23.0 Å². The fraction of sp³-hybridized carbons (Fsp3) is 0.278. The highest BCUT2D eigenvalue weighted by Crippen LogP contribution is 2.35. The van der Waals surface area contributed by atoms with E-state index in [1.54, 1.807) is 38.0 Å². The van der Waals surface area contributed by atoms with Crippen molar-refractivity contribution in [1.82, 2.24) is 14.7 Å². The van der Waals surface area contributed by atoms with Crippen LogP contribution in [0.25, 0.3) is 22.2 Å². The minimum absolute atomic E-state index is 0.245. The second-order valence-electron chi connectivity index (χ2n) is 5.76. The van der Waals surface area contributed by atoms with Crippen molar-refractivity contribution in [3.8, 4) is 11.3 Å². The van der Waals surface area contributed by atoms with Crippen LogP contribution in [0.4, 0.5) is 0 Å². The number of halogens is 1. The molecule has 0 amide bonds. The fourth-order valence-electron chi connectivity index (χ4n) is 2.64. The number of fused-ring (bicyclic) bond motifs is 1. The first kappa shape index (κ1) is 18.5. The third kappa shape index (κ3) is 3.37. The van der Waals surface area contributed by atoms with Crippen LogP contribution < -0.4 is 4.84 Å². The number of para-hydroxylation sites is 1. The molecule has 2 aromatic heterocycles. The van der Waals surface area contributed by atoms with Crippen LogP contribution >= 0.6 is 23.4 Å². The second-order valence-corrected chi connectivity index (χ2v) is 6.94. The SMILES string of the molecule is COn1cc(-c2nc(SC)ncc2C(=O)OC(C)C)c2cccc(Cl)c21. The van der Waals surface area contributed by atoms with Gasteiger partial charge in [-0.05, 0) is 26.2 Å². The Kier molecular flexibility index (Phi) is 5.38. The molecule has 0 unspecified atom stereocenters. The molecule has 136 valence electrons. The highest BCUT2D eigenvalue weighted by Gasteiger charge is 2.23. The van der Waals surface area contributed by atoms with E-state index in [1.807, 2.05) is 18.4 Å². The zero-order valence-electron chi connectivity index (χ0n) is 14.8. The van der Waals surface area contributed by atoms with Crippen molar-refractivity contribution in [3.63, 3.8) is 0 Å². The lowest BCUT2D eigenvalue weighted by molar-refractivity contribution is 0.0377. The van der Waals surface area contributed by atoms with Gasteiger partial charge in [0.1, 0.15) is 18.2 Å². The molecule has 0 atom stereocenters. The fourth-order valence-corrected chi connectivity index (χ4v) is 3.24. The average molecular weight is 392 g/mol. The molecule has 3 rings (SSSR count). The number of hydrogen-bond acceptors (Lipinski definition) is 6. The van der Waals surface area contributed by atoms with Crippen molar-refractivity contribution in [2.24, 2.45) is 0 Å². The van der Waals surface area contributed by atoms with Crippen LogP contribution in [0, 0.1) is 0 Å². The number of esters is 1. The predicted molar refractivity (Wildman–Crippen MR) is 103 cm³/mol. The molecule has 0 aliphatic carbocycles. The predicted octanol–water partition coefficient (Wildman–Crippen LogP) is 4.10. The van der Waals surface area contributed by atoms with Gasteiger partial charge >= 0.3 is 5.97 Å². The summed E-state index contributed by atoms with van der Waals surface area (Å²) < 4.78 is 6.91. The molecule has 0 aliphatic rings. The van der Waals surface area contributed by atoms with Gasteiger partial charge < -0.3 is 9.57 Å². The Labute approximate surface area is 160 Å². The molecule has 0 spiro atoms. The highest BCUT2D eigenvalue weighted by molar-refractivity contribution is 7.98. The summed E-state index contributed by atoms with van der Waals surface area (Å²) in [7, 11) is 1.55. The summed E-state index contributed by atoms with van der Waals surface area (Å²) in [6, 6.07) is 5.53. The molecule has 26 heavy (non-hydrogen) atoms. The number of thioether (sulfide) groups is 1. The van der Waals surface area contributed by atoms with E-state index in [0.29, 0.717) is 27.0 Å². The summed E-state index contributed by atoms with van der Waals surface area (Å²) in [5, 5.41) is 1.92. The molecule has 8 heteroatoms. The standard InChI is InChI=1S/C18H18ClN3O3S/c1-10(2)25-17(23)12-8-20-18(26-4)21-15(12)13-9-22(24-3)16-11(13)6-5-7-14(16)19/h5-10H,1-4H3. The summed E-state index contributed by atoms with van der Waals surface area (Å²) in [5.74, 6) is -0.469. The van der Waals surface area contributed by atoms with E-state index in [0.717, 1.165) is 10.9 Å². The molecule has 0 bridgehead atoms. The molecule has 0 saturated carbocycles. The first-order valence-electron chi connectivity index (χ1n) is 7.92. The van der Waals surface area contributed by atoms with Crippen LogP contribution in [-0.4, -0.2) is 40.1 Å². The van der Waals surface area contributed by atoms with Crippen LogP contribution in [0.3, 0.4) is 0 Å². The molecule has 2 heterocycles. The van der Waals surface area contributed by atoms with Crippen LogP contribution in [0.5, 0.6) is 0 Å². The Bertz CT molecular complexity index is 972. The third-order valence-corrected chi connectivity index (χ3v) is 4.57. The molecule has 0 fully saturated rings. The maximum atomic E-state index is 12.6. The number of aromatic nitrogens is 3. The largest absolute Gasteiger partial charge is 0.459 e. The lowest BCUT2D eigenvalue weighted by atomic mass is 10.1. The first-order chi connectivity index (χ1) is 12.5. The van der Waals surface area contributed by atoms with E-state index in [-0.39, 0.29) is 6.10 Å². The van der Waals surface area contributed by atoms with Crippen molar-refractivity contribution >= 4 is 40.2 Å². The van der Waals surface area contributed by atoms with Crippen LogP contribution in [-0.2, 0) is 4.74 Å². The van der Waals surface area contributed by atoms with Gasteiger partial charge in [-0.25, -0.2) is 14.8 Å². The zero-order valence-corrected chi connectivity index (χ0v) is 16.4. The normalized spacial score (nSPS) is 11.2. The van der Waals surface area contributed by atoms with Crippen molar-refractivity contribution in [1.29, 1.82) is 0 Å². The summed E-state index contributed by atoms with van der Waals surface area (Å²) in [5.41, 5.74) is 2.21. The molecule has 1 aromatic carbocycles. The van der Waals surface area contributed by atoms with Crippen LogP contribution in [0.15, 0.2) is 35.7 Å². The van der Waals surface area contributed by atoms with E-state index in [9.17, 15) is 4.79 Å². The van der Waals surface area contributed by atoms with Crippen molar-refractivity contribution in [3.05, 3.63) is 41.2 Å². The molecular formula is C18H18ClN3O3S. The number of nitrogens with zero attached hydrogens (tertiary/aromatic N) is 3. The topological polar surface area (TPSA) is 66.2 Å². The summed E-state index contributed by atoms with van der Waals surface area (Å²) >= 11 is 7.74. The molecule has 0 N–H and O–H groups in total. The minimum atomic E-state index is -0.469. The van der Waals surface area contributed by atoms with Gasteiger partial charge in [-0.15, -0.1) is 0 Å². The van der Waals surface area contributed by atoms with Gasteiger partial charge in [-0.3, -0.25) is 0 Å². The Morgan fingerprint density at radius 2 is 2.12 bits per heavy atom. The number of rotatable bonds is 5. The molecule has 0 saturated heterocycles. The lowest BCUT2D eigenvalue weighted by Crippen LogP contribution is -2.14. The lowest BCUT2D eigenvalue weighted by Gasteiger charge is -2.11. The Morgan fingerprint density at radius 1 is 1.35 bits per heavy atom. The average Bonchev–Trinajstić information content (AvgIpc) is 3.00. The zero-order chi connectivity index (χ0) is 18.8. The number of carbonyl (C=O) groups is 1. The molecule has 6 nitrogen and oxygen atoms in total. The maximum Gasteiger partial charge on any atom is 0.342 e. The van der Waals surface area contributed by atoms with Gasteiger partial charge in [-0.1, -0.05) is 35.5 Å². The van der Waals surface area contributed by atoms with Gasteiger partial charge in [-0.2, -0.15) is 4.73 Å². The molecular weight excluding hydrogens is 374 g/mol. The van der Waals surface area contributed by atoms with Crippen molar-refractivity contribution in [2.75, 3.05) is 13.4 Å². The number of ether oxygens (including phenoxy) is 1. The summed E-state index contributed by atoms with van der Waals surface area (Å²) in [4.78, 5) is 26.7. The van der Waals surface area contributed by atoms with E-state index < -0.39 is 5.97 Å². The smallest absolute Gasteiger partial charge is 0.342 e. The van der Waals surface area contributed by atoms with Crippen molar-refractivity contribution < 1.29 is 14.4 Å². The van der Waals surface area contributed by atoms with Crippen LogP contribution in [0.2, 0.25) is 5.02 Å². The van der Waals surface area contributed by atoms with Gasteiger partial charge in [0.15, 0.2) is 5.16 Å². The Balaban J connectivity index is 2.27. The number of carbonyl (C=O) groups excluding carboxylic acids is 1.